The lowest BCUT2D eigenvalue weighted by Crippen LogP contribution is -2.17. The lowest BCUT2D eigenvalue weighted by molar-refractivity contribution is 0.102. The number of carbonyl (C=O) groups is 1. The van der Waals surface area contributed by atoms with Gasteiger partial charge >= 0.3 is 0 Å². The maximum Gasteiger partial charge on any atom is 0.257 e. The van der Waals surface area contributed by atoms with Crippen LogP contribution in [0.1, 0.15) is 22.8 Å². The molecule has 1 heterocycles. The van der Waals surface area contributed by atoms with Crippen LogP contribution in [0, 0.1) is 6.92 Å². The minimum Gasteiger partial charge on any atom is -0.323 e. The Bertz CT molecular complexity index is 590. The van der Waals surface area contributed by atoms with E-state index in [1.54, 1.807) is 23.1 Å². The number of amides is 1. The van der Waals surface area contributed by atoms with Gasteiger partial charge in [-0.25, -0.2) is 0 Å². The third kappa shape index (κ3) is 2.92. The number of hydrogen-bond acceptors (Lipinski definition) is 4. The van der Waals surface area contributed by atoms with Gasteiger partial charge in [0, 0.05) is 12.7 Å². The van der Waals surface area contributed by atoms with Gasteiger partial charge < -0.3 is 10.7 Å². The summed E-state index contributed by atoms with van der Waals surface area (Å²) in [6.07, 6.45) is 3.40. The van der Waals surface area contributed by atoms with Crippen molar-refractivity contribution in [2.45, 2.75) is 20.4 Å². The van der Waals surface area contributed by atoms with Crippen molar-refractivity contribution in [3.05, 3.63) is 41.7 Å². The van der Waals surface area contributed by atoms with Gasteiger partial charge in [0.1, 0.15) is 0 Å². The number of hydrogen-bond donors (Lipinski definition) is 3. The SMILES string of the molecule is CCn1cc(NC(=O)c2ccc(C)cc2NN)cn1. The summed E-state index contributed by atoms with van der Waals surface area (Å²) in [5.74, 6) is 5.21. The third-order valence-electron chi connectivity index (χ3n) is 2.79. The molecule has 19 heavy (non-hydrogen) atoms. The standard InChI is InChI=1S/C13H17N5O/c1-3-18-8-10(7-15-18)16-13(19)11-5-4-9(2)6-12(11)17-14/h4-8,17H,3,14H2,1-2H3,(H,16,19). The predicted molar refractivity (Wildman–Crippen MR) is 74.8 cm³/mol. The molecule has 0 saturated heterocycles. The number of hydrazine groups is 1. The number of anilines is 2. The highest BCUT2D eigenvalue weighted by Crippen LogP contribution is 2.18. The Hall–Kier alpha value is -2.34. The Morgan fingerprint density at radius 1 is 1.47 bits per heavy atom. The van der Waals surface area contributed by atoms with E-state index in [1.807, 2.05) is 26.0 Å². The monoisotopic (exact) mass is 259 g/mol. The molecule has 0 aliphatic heterocycles. The molecule has 100 valence electrons. The van der Waals surface area contributed by atoms with Crippen molar-refractivity contribution in [1.82, 2.24) is 9.78 Å². The molecule has 0 aliphatic rings. The highest BCUT2D eigenvalue weighted by molar-refractivity contribution is 6.07. The minimum absolute atomic E-state index is 0.219. The molecule has 1 aromatic carbocycles. The van der Waals surface area contributed by atoms with Gasteiger partial charge in [-0.05, 0) is 31.5 Å². The second kappa shape index (κ2) is 5.53. The minimum atomic E-state index is -0.219. The van der Waals surface area contributed by atoms with Crippen LogP contribution in [0.4, 0.5) is 11.4 Å². The molecular formula is C13H17N5O. The fourth-order valence-electron chi connectivity index (χ4n) is 1.78. The summed E-state index contributed by atoms with van der Waals surface area (Å²) in [6, 6.07) is 5.43. The van der Waals surface area contributed by atoms with Crippen molar-refractivity contribution in [3.8, 4) is 0 Å². The number of aryl methyl sites for hydroxylation is 2. The first-order valence-electron chi connectivity index (χ1n) is 6.05. The van der Waals surface area contributed by atoms with Gasteiger partial charge in [-0.3, -0.25) is 15.3 Å². The number of nitrogens with two attached hydrogens (primary N) is 1. The number of aromatic nitrogens is 2. The topological polar surface area (TPSA) is 85.0 Å². The van der Waals surface area contributed by atoms with Crippen molar-refractivity contribution >= 4 is 17.3 Å². The van der Waals surface area contributed by atoms with E-state index in [-0.39, 0.29) is 5.91 Å². The summed E-state index contributed by atoms with van der Waals surface area (Å²) < 4.78 is 1.74. The first-order chi connectivity index (χ1) is 9.13. The lowest BCUT2D eigenvalue weighted by Gasteiger charge is -2.09. The highest BCUT2D eigenvalue weighted by Gasteiger charge is 2.12. The zero-order valence-electron chi connectivity index (χ0n) is 11.0. The van der Waals surface area contributed by atoms with Crippen LogP contribution in [0.5, 0.6) is 0 Å². The van der Waals surface area contributed by atoms with E-state index in [1.165, 1.54) is 0 Å². The summed E-state index contributed by atoms with van der Waals surface area (Å²) in [4.78, 5) is 12.2. The Morgan fingerprint density at radius 3 is 2.89 bits per heavy atom. The highest BCUT2D eigenvalue weighted by atomic mass is 16.1. The van der Waals surface area contributed by atoms with Gasteiger partial charge in [-0.1, -0.05) is 6.07 Å². The Balaban J connectivity index is 2.20. The molecule has 0 bridgehead atoms. The summed E-state index contributed by atoms with van der Waals surface area (Å²) in [7, 11) is 0. The zero-order valence-corrected chi connectivity index (χ0v) is 11.0. The molecule has 2 rings (SSSR count). The van der Waals surface area contributed by atoms with E-state index < -0.39 is 0 Å². The molecule has 4 N–H and O–H groups in total. The first-order valence-corrected chi connectivity index (χ1v) is 6.05. The van der Waals surface area contributed by atoms with Gasteiger partial charge in [0.15, 0.2) is 0 Å². The van der Waals surface area contributed by atoms with Crippen molar-refractivity contribution in [1.29, 1.82) is 0 Å². The van der Waals surface area contributed by atoms with E-state index in [9.17, 15) is 4.79 Å². The molecule has 0 saturated carbocycles. The Kier molecular flexibility index (Phi) is 3.82. The van der Waals surface area contributed by atoms with Crippen LogP contribution < -0.4 is 16.6 Å². The number of carbonyl (C=O) groups excluding carboxylic acids is 1. The van der Waals surface area contributed by atoms with Crippen molar-refractivity contribution in [3.63, 3.8) is 0 Å². The molecular weight excluding hydrogens is 242 g/mol. The van der Waals surface area contributed by atoms with Gasteiger partial charge in [0.2, 0.25) is 0 Å². The Labute approximate surface area is 111 Å². The van der Waals surface area contributed by atoms with Gasteiger partial charge in [0.05, 0.1) is 23.1 Å². The largest absolute Gasteiger partial charge is 0.323 e. The molecule has 6 heteroatoms. The fraction of sp³-hybridized carbons (Fsp3) is 0.231. The number of nitrogen functional groups attached to an aromatic ring is 1. The lowest BCUT2D eigenvalue weighted by atomic mass is 10.1. The predicted octanol–water partition coefficient (Wildman–Crippen LogP) is 1.75. The van der Waals surface area contributed by atoms with Crippen molar-refractivity contribution in [2.24, 2.45) is 5.84 Å². The molecule has 2 aromatic rings. The van der Waals surface area contributed by atoms with Crippen LogP contribution in [-0.4, -0.2) is 15.7 Å². The molecule has 0 radical (unpaired) electrons. The molecule has 0 aliphatic carbocycles. The third-order valence-corrected chi connectivity index (χ3v) is 2.79. The molecule has 1 aromatic heterocycles. The maximum absolute atomic E-state index is 12.2. The fourth-order valence-corrected chi connectivity index (χ4v) is 1.78. The summed E-state index contributed by atoms with van der Waals surface area (Å²) in [6.45, 7) is 4.68. The summed E-state index contributed by atoms with van der Waals surface area (Å²) >= 11 is 0. The number of nitrogens with zero attached hydrogens (tertiary/aromatic N) is 2. The van der Waals surface area contributed by atoms with E-state index >= 15 is 0 Å². The van der Waals surface area contributed by atoms with Gasteiger partial charge in [0.25, 0.3) is 5.91 Å². The molecule has 1 amide bonds. The molecule has 0 fully saturated rings. The van der Waals surface area contributed by atoms with Gasteiger partial charge in [-0.15, -0.1) is 0 Å². The second-order valence-electron chi connectivity index (χ2n) is 4.23. The first kappa shape index (κ1) is 13.1. The van der Waals surface area contributed by atoms with E-state index in [0.717, 1.165) is 12.1 Å². The number of nitrogens with one attached hydrogen (secondary N) is 2. The van der Waals surface area contributed by atoms with Crippen molar-refractivity contribution in [2.75, 3.05) is 10.7 Å². The van der Waals surface area contributed by atoms with E-state index in [0.29, 0.717) is 16.9 Å². The van der Waals surface area contributed by atoms with Crippen LogP contribution in [0.25, 0.3) is 0 Å². The second-order valence-corrected chi connectivity index (χ2v) is 4.23. The average molecular weight is 259 g/mol. The molecule has 0 unspecified atom stereocenters. The van der Waals surface area contributed by atoms with Crippen LogP contribution in [0.2, 0.25) is 0 Å². The van der Waals surface area contributed by atoms with Crippen molar-refractivity contribution < 1.29 is 4.79 Å². The van der Waals surface area contributed by atoms with Crippen LogP contribution >= 0.6 is 0 Å². The van der Waals surface area contributed by atoms with E-state index in [4.69, 9.17) is 5.84 Å². The number of rotatable bonds is 4. The summed E-state index contributed by atoms with van der Waals surface area (Å²) in [5.41, 5.74) is 5.33. The molecule has 0 atom stereocenters. The van der Waals surface area contributed by atoms with Crippen LogP contribution in [0.3, 0.4) is 0 Å². The van der Waals surface area contributed by atoms with E-state index in [2.05, 4.69) is 15.8 Å². The normalized spacial score (nSPS) is 10.3. The van der Waals surface area contributed by atoms with Gasteiger partial charge in [-0.2, -0.15) is 5.10 Å². The smallest absolute Gasteiger partial charge is 0.257 e. The molecule has 0 spiro atoms. The number of benzene rings is 1. The zero-order chi connectivity index (χ0) is 13.8. The quantitative estimate of drug-likeness (QED) is 0.577. The average Bonchev–Trinajstić information content (AvgIpc) is 2.86. The summed E-state index contributed by atoms with van der Waals surface area (Å²) in [5, 5.41) is 6.89. The Morgan fingerprint density at radius 2 is 2.26 bits per heavy atom. The van der Waals surface area contributed by atoms with Crippen LogP contribution in [-0.2, 0) is 6.54 Å². The maximum atomic E-state index is 12.2. The van der Waals surface area contributed by atoms with Crippen LogP contribution in [0.15, 0.2) is 30.6 Å². The molecule has 6 nitrogen and oxygen atoms in total.